The fraction of sp³-hybridized carbons (Fsp3) is 0.304. The van der Waals surface area contributed by atoms with Crippen molar-refractivity contribution in [3.8, 4) is 11.4 Å². The van der Waals surface area contributed by atoms with Gasteiger partial charge in [0.15, 0.2) is 11.0 Å². The Morgan fingerprint density at radius 1 is 1.16 bits per heavy atom. The molecule has 1 N–H and O–H groups in total. The van der Waals surface area contributed by atoms with E-state index in [1.807, 2.05) is 24.3 Å². The van der Waals surface area contributed by atoms with Gasteiger partial charge in [-0.05, 0) is 43.2 Å². The molecule has 32 heavy (non-hydrogen) atoms. The second kappa shape index (κ2) is 10.2. The van der Waals surface area contributed by atoms with Gasteiger partial charge in [0.25, 0.3) is 0 Å². The summed E-state index contributed by atoms with van der Waals surface area (Å²) in [5.41, 5.74) is 1.75. The number of thioether (sulfide) groups is 1. The van der Waals surface area contributed by atoms with Crippen LogP contribution in [0.5, 0.6) is 0 Å². The molecule has 0 aliphatic heterocycles. The number of nitrogens with one attached hydrogen (secondary N) is 1. The fourth-order valence-electron chi connectivity index (χ4n) is 3.86. The smallest absolute Gasteiger partial charge is 0.337 e. The second-order valence-electron chi connectivity index (χ2n) is 7.50. The minimum Gasteiger partial charge on any atom is -0.465 e. The molecule has 0 unspecified atom stereocenters. The number of amides is 1. The fourth-order valence-corrected chi connectivity index (χ4v) is 4.89. The Bertz CT molecular complexity index is 1130. The van der Waals surface area contributed by atoms with Gasteiger partial charge in [-0.3, -0.25) is 9.36 Å². The lowest BCUT2D eigenvalue weighted by atomic mass is 10.2. The minimum atomic E-state index is -0.452. The molecule has 0 spiro atoms. The largest absolute Gasteiger partial charge is 0.465 e. The van der Waals surface area contributed by atoms with E-state index in [1.54, 1.807) is 24.3 Å². The quantitative estimate of drug-likeness (QED) is 0.376. The van der Waals surface area contributed by atoms with Crippen LogP contribution in [0.15, 0.2) is 53.7 Å². The second-order valence-corrected chi connectivity index (χ2v) is 8.85. The van der Waals surface area contributed by atoms with E-state index in [0.717, 1.165) is 37.1 Å². The predicted octanol–water partition coefficient (Wildman–Crippen LogP) is 5.23. The lowest BCUT2D eigenvalue weighted by Gasteiger charge is -2.17. The zero-order valence-electron chi connectivity index (χ0n) is 17.6. The molecule has 1 heterocycles. The summed E-state index contributed by atoms with van der Waals surface area (Å²) in [6, 6.07) is 14.5. The molecule has 0 bridgehead atoms. The normalized spacial score (nSPS) is 13.8. The molecule has 4 rings (SSSR count). The third-order valence-electron chi connectivity index (χ3n) is 5.37. The first kappa shape index (κ1) is 22.4. The van der Waals surface area contributed by atoms with E-state index in [4.69, 9.17) is 16.3 Å². The van der Waals surface area contributed by atoms with Crippen LogP contribution in [-0.2, 0) is 9.53 Å². The summed E-state index contributed by atoms with van der Waals surface area (Å²) in [5, 5.41) is 12.9. The number of halogens is 1. The average Bonchev–Trinajstić information content (AvgIpc) is 3.47. The average molecular weight is 471 g/mol. The first-order valence-corrected chi connectivity index (χ1v) is 11.7. The van der Waals surface area contributed by atoms with E-state index in [0.29, 0.717) is 27.5 Å². The molecule has 2 aromatic carbocycles. The van der Waals surface area contributed by atoms with Crippen LogP contribution in [0, 0.1) is 0 Å². The van der Waals surface area contributed by atoms with Gasteiger partial charge < -0.3 is 10.1 Å². The molecule has 3 aromatic rings. The van der Waals surface area contributed by atoms with Crippen LogP contribution in [0.3, 0.4) is 0 Å². The summed E-state index contributed by atoms with van der Waals surface area (Å²) in [5.74, 6) is 0.247. The summed E-state index contributed by atoms with van der Waals surface area (Å²) in [6.45, 7) is 0. The van der Waals surface area contributed by atoms with Gasteiger partial charge in [-0.1, -0.05) is 54.4 Å². The number of benzene rings is 2. The third kappa shape index (κ3) is 4.97. The minimum absolute atomic E-state index is 0.163. The van der Waals surface area contributed by atoms with Crippen molar-refractivity contribution >= 4 is 40.9 Å². The van der Waals surface area contributed by atoms with E-state index in [-0.39, 0.29) is 11.7 Å². The van der Waals surface area contributed by atoms with Gasteiger partial charge in [0.1, 0.15) is 0 Å². The number of esters is 1. The predicted molar refractivity (Wildman–Crippen MR) is 125 cm³/mol. The van der Waals surface area contributed by atoms with E-state index in [2.05, 4.69) is 20.1 Å². The lowest BCUT2D eigenvalue weighted by Crippen LogP contribution is -2.16. The van der Waals surface area contributed by atoms with Gasteiger partial charge in [0, 0.05) is 17.3 Å². The monoisotopic (exact) mass is 470 g/mol. The van der Waals surface area contributed by atoms with Crippen molar-refractivity contribution < 1.29 is 14.3 Å². The summed E-state index contributed by atoms with van der Waals surface area (Å²) in [7, 11) is 1.32. The molecule has 0 saturated heterocycles. The number of carbonyl (C=O) groups excluding carboxylic acids is 2. The number of methoxy groups -OCH3 is 1. The summed E-state index contributed by atoms with van der Waals surface area (Å²) in [4.78, 5) is 24.3. The molecular weight excluding hydrogens is 448 g/mol. The van der Waals surface area contributed by atoms with Crippen molar-refractivity contribution in [2.24, 2.45) is 0 Å². The Morgan fingerprint density at radius 2 is 1.94 bits per heavy atom. The first-order valence-electron chi connectivity index (χ1n) is 10.4. The maximum Gasteiger partial charge on any atom is 0.337 e. The molecule has 1 fully saturated rings. The Hall–Kier alpha value is -2.84. The molecule has 1 aliphatic rings. The van der Waals surface area contributed by atoms with Crippen molar-refractivity contribution in [3.05, 3.63) is 59.1 Å². The maximum absolute atomic E-state index is 12.6. The molecule has 0 radical (unpaired) electrons. The number of ether oxygens (including phenoxy) is 1. The van der Waals surface area contributed by atoms with Crippen LogP contribution in [0.25, 0.3) is 11.4 Å². The number of nitrogens with zero attached hydrogens (tertiary/aromatic N) is 3. The molecule has 7 nitrogen and oxygen atoms in total. The SMILES string of the molecule is COC(=O)c1cccc(NC(=O)CSc2nnc(-c3ccccc3Cl)n2C2CCCC2)c1. The van der Waals surface area contributed by atoms with Crippen LogP contribution in [-0.4, -0.2) is 39.5 Å². The molecule has 1 saturated carbocycles. The number of hydrogen-bond donors (Lipinski definition) is 1. The van der Waals surface area contributed by atoms with Gasteiger partial charge in [0.05, 0.1) is 23.4 Å². The van der Waals surface area contributed by atoms with Crippen molar-refractivity contribution in [1.29, 1.82) is 0 Å². The molecule has 166 valence electrons. The first-order chi connectivity index (χ1) is 15.6. The maximum atomic E-state index is 12.6. The Morgan fingerprint density at radius 3 is 2.69 bits per heavy atom. The zero-order valence-corrected chi connectivity index (χ0v) is 19.2. The Labute approximate surface area is 195 Å². The standard InChI is InChI=1S/C23H23ClN4O3S/c1-31-22(30)15-7-6-8-16(13-15)25-20(29)14-32-23-27-26-21(18-11-4-5-12-19(18)24)28(23)17-9-2-3-10-17/h4-8,11-13,17H,2-3,9-10,14H2,1H3,(H,25,29). The van der Waals surface area contributed by atoms with Crippen molar-refractivity contribution in [2.45, 2.75) is 36.9 Å². The topological polar surface area (TPSA) is 86.1 Å². The van der Waals surface area contributed by atoms with E-state index in [9.17, 15) is 9.59 Å². The number of carbonyl (C=O) groups is 2. The number of rotatable bonds is 7. The summed E-state index contributed by atoms with van der Waals surface area (Å²) >= 11 is 7.77. The van der Waals surface area contributed by atoms with Crippen LogP contribution in [0.4, 0.5) is 5.69 Å². The highest BCUT2D eigenvalue weighted by atomic mass is 35.5. The summed E-state index contributed by atoms with van der Waals surface area (Å²) < 4.78 is 6.86. The highest BCUT2D eigenvalue weighted by Crippen LogP contribution is 2.38. The molecule has 9 heteroatoms. The molecule has 1 aliphatic carbocycles. The van der Waals surface area contributed by atoms with Gasteiger partial charge in [-0.25, -0.2) is 4.79 Å². The van der Waals surface area contributed by atoms with E-state index >= 15 is 0 Å². The van der Waals surface area contributed by atoms with E-state index in [1.165, 1.54) is 18.9 Å². The molecule has 0 atom stereocenters. The van der Waals surface area contributed by atoms with Crippen molar-refractivity contribution in [2.75, 3.05) is 18.2 Å². The van der Waals surface area contributed by atoms with Crippen LogP contribution < -0.4 is 5.32 Å². The van der Waals surface area contributed by atoms with Gasteiger partial charge in [-0.15, -0.1) is 10.2 Å². The third-order valence-corrected chi connectivity index (χ3v) is 6.64. The molecular formula is C23H23ClN4O3S. The molecule has 1 aromatic heterocycles. The van der Waals surface area contributed by atoms with Crippen molar-refractivity contribution in [1.82, 2.24) is 14.8 Å². The van der Waals surface area contributed by atoms with Crippen LogP contribution in [0.1, 0.15) is 42.1 Å². The van der Waals surface area contributed by atoms with E-state index < -0.39 is 5.97 Å². The number of anilines is 1. The van der Waals surface area contributed by atoms with Crippen LogP contribution in [0.2, 0.25) is 5.02 Å². The molecule has 1 amide bonds. The van der Waals surface area contributed by atoms with Crippen LogP contribution >= 0.6 is 23.4 Å². The lowest BCUT2D eigenvalue weighted by molar-refractivity contribution is -0.113. The highest BCUT2D eigenvalue weighted by Gasteiger charge is 2.26. The highest BCUT2D eigenvalue weighted by molar-refractivity contribution is 7.99. The Kier molecular flexibility index (Phi) is 7.12. The number of aromatic nitrogens is 3. The Balaban J connectivity index is 1.50. The zero-order chi connectivity index (χ0) is 22.5. The number of hydrogen-bond acceptors (Lipinski definition) is 6. The van der Waals surface area contributed by atoms with Gasteiger partial charge in [-0.2, -0.15) is 0 Å². The van der Waals surface area contributed by atoms with Gasteiger partial charge in [0.2, 0.25) is 5.91 Å². The van der Waals surface area contributed by atoms with Crippen molar-refractivity contribution in [3.63, 3.8) is 0 Å². The summed E-state index contributed by atoms with van der Waals surface area (Å²) in [6.07, 6.45) is 4.42. The van der Waals surface area contributed by atoms with Gasteiger partial charge >= 0.3 is 5.97 Å².